The fourth-order valence-corrected chi connectivity index (χ4v) is 2.85. The van der Waals surface area contributed by atoms with Crippen molar-refractivity contribution in [2.24, 2.45) is 0 Å². The second-order valence-corrected chi connectivity index (χ2v) is 5.91. The molecule has 0 amide bonds. The van der Waals surface area contributed by atoms with Crippen molar-refractivity contribution < 1.29 is 14.6 Å². The van der Waals surface area contributed by atoms with Gasteiger partial charge in [-0.3, -0.25) is 0 Å². The van der Waals surface area contributed by atoms with Crippen molar-refractivity contribution in [1.82, 2.24) is 5.32 Å². The van der Waals surface area contributed by atoms with Crippen molar-refractivity contribution in [3.8, 4) is 0 Å². The molecule has 0 heterocycles. The summed E-state index contributed by atoms with van der Waals surface area (Å²) in [7, 11) is 0. The molecule has 3 N–H and O–H groups in total. The van der Waals surface area contributed by atoms with Gasteiger partial charge < -0.3 is 15.5 Å². The third-order valence-electron chi connectivity index (χ3n) is 3.63. The first kappa shape index (κ1) is 14.9. The highest BCUT2D eigenvalue weighted by Gasteiger charge is 2.23. The molecule has 3 nitrogen and oxygen atoms in total. The van der Waals surface area contributed by atoms with Crippen LogP contribution in [-0.2, 0) is 0 Å². The van der Waals surface area contributed by atoms with Crippen LogP contribution in [0.25, 0.3) is 0 Å². The number of halogens is 2. The molecule has 0 aromatic heterocycles. The van der Waals surface area contributed by atoms with Crippen LogP contribution in [0.4, 0.5) is 4.39 Å². The summed E-state index contributed by atoms with van der Waals surface area (Å²) in [6.07, 6.45) is 2.88. The summed E-state index contributed by atoms with van der Waals surface area (Å²) < 4.78 is 13.5. The molecular formula is C14H19BrFNO2. The zero-order valence-electron chi connectivity index (χ0n) is 10.6. The Morgan fingerprint density at radius 3 is 2.79 bits per heavy atom. The van der Waals surface area contributed by atoms with Gasteiger partial charge in [0.2, 0.25) is 0 Å². The number of hydrogen-bond acceptors (Lipinski definition) is 3. The lowest BCUT2D eigenvalue weighted by atomic mass is 9.92. The SMILES string of the molecule is OC(CN[C@@H]1CCCC[C@H]1O)c1ccc(F)c(Br)c1. The summed E-state index contributed by atoms with van der Waals surface area (Å²) in [5.74, 6) is -0.341. The maximum atomic E-state index is 13.1. The van der Waals surface area contributed by atoms with E-state index in [4.69, 9.17) is 0 Å². The fraction of sp³-hybridized carbons (Fsp3) is 0.571. The molecule has 0 spiro atoms. The van der Waals surface area contributed by atoms with Gasteiger partial charge in [-0.1, -0.05) is 18.9 Å². The van der Waals surface area contributed by atoms with E-state index < -0.39 is 6.10 Å². The predicted molar refractivity (Wildman–Crippen MR) is 75.3 cm³/mol. The van der Waals surface area contributed by atoms with Gasteiger partial charge in [0.25, 0.3) is 0 Å². The standard InChI is InChI=1S/C14H19BrFNO2/c15-10-7-9(5-6-11(10)16)14(19)8-17-12-3-1-2-4-13(12)18/h5-7,12-14,17-19H,1-4,8H2/t12-,13-,14?/m1/s1. The molecule has 0 aliphatic heterocycles. The highest BCUT2D eigenvalue weighted by atomic mass is 79.9. The van der Waals surface area contributed by atoms with E-state index in [1.165, 1.54) is 6.07 Å². The number of benzene rings is 1. The minimum Gasteiger partial charge on any atom is -0.392 e. The van der Waals surface area contributed by atoms with Crippen LogP contribution in [0.2, 0.25) is 0 Å². The van der Waals surface area contributed by atoms with Crippen LogP contribution in [0.5, 0.6) is 0 Å². The minimum atomic E-state index is -0.703. The molecule has 1 aliphatic rings. The van der Waals surface area contributed by atoms with Crippen molar-refractivity contribution in [3.63, 3.8) is 0 Å². The smallest absolute Gasteiger partial charge is 0.137 e. The van der Waals surface area contributed by atoms with Gasteiger partial charge in [-0.2, -0.15) is 0 Å². The maximum absolute atomic E-state index is 13.1. The minimum absolute atomic E-state index is 0.0484. The van der Waals surface area contributed by atoms with Crippen LogP contribution < -0.4 is 5.32 Å². The quantitative estimate of drug-likeness (QED) is 0.794. The van der Waals surface area contributed by atoms with Crippen molar-refractivity contribution in [2.45, 2.75) is 43.9 Å². The van der Waals surface area contributed by atoms with Gasteiger partial charge in [-0.05, 0) is 46.5 Å². The Labute approximate surface area is 121 Å². The van der Waals surface area contributed by atoms with Crippen molar-refractivity contribution in [2.75, 3.05) is 6.54 Å². The summed E-state index contributed by atoms with van der Waals surface area (Å²) in [6, 6.07) is 4.54. The average Bonchev–Trinajstić information content (AvgIpc) is 2.40. The van der Waals surface area contributed by atoms with Crippen LogP contribution in [-0.4, -0.2) is 28.9 Å². The lowest BCUT2D eigenvalue weighted by molar-refractivity contribution is 0.0797. The van der Waals surface area contributed by atoms with Gasteiger partial charge in [0, 0.05) is 12.6 Å². The van der Waals surface area contributed by atoms with E-state index in [0.717, 1.165) is 25.7 Å². The molecule has 1 aromatic rings. The van der Waals surface area contributed by atoms with E-state index in [1.807, 2.05) is 0 Å². The van der Waals surface area contributed by atoms with Gasteiger partial charge in [-0.15, -0.1) is 0 Å². The second-order valence-electron chi connectivity index (χ2n) is 5.06. The zero-order valence-corrected chi connectivity index (χ0v) is 12.2. The van der Waals surface area contributed by atoms with Gasteiger partial charge >= 0.3 is 0 Å². The number of nitrogens with one attached hydrogen (secondary N) is 1. The van der Waals surface area contributed by atoms with Gasteiger partial charge in [0.05, 0.1) is 16.7 Å². The Balaban J connectivity index is 1.89. The largest absolute Gasteiger partial charge is 0.392 e. The van der Waals surface area contributed by atoms with Gasteiger partial charge in [-0.25, -0.2) is 4.39 Å². The fourth-order valence-electron chi connectivity index (χ4n) is 2.45. The molecule has 0 radical (unpaired) electrons. The van der Waals surface area contributed by atoms with Crippen molar-refractivity contribution >= 4 is 15.9 Å². The third kappa shape index (κ3) is 3.99. The van der Waals surface area contributed by atoms with Crippen molar-refractivity contribution in [3.05, 3.63) is 34.1 Å². The monoisotopic (exact) mass is 331 g/mol. The molecule has 1 saturated carbocycles. The van der Waals surface area contributed by atoms with E-state index in [1.54, 1.807) is 12.1 Å². The maximum Gasteiger partial charge on any atom is 0.137 e. The number of aliphatic hydroxyl groups excluding tert-OH is 2. The molecule has 1 fully saturated rings. The zero-order chi connectivity index (χ0) is 13.8. The Bertz CT molecular complexity index is 430. The Morgan fingerprint density at radius 1 is 1.37 bits per heavy atom. The van der Waals surface area contributed by atoms with Crippen molar-refractivity contribution in [1.29, 1.82) is 0 Å². The summed E-state index contributed by atoms with van der Waals surface area (Å²) >= 11 is 3.11. The Kier molecular flexibility index (Phi) is 5.33. The number of hydrogen-bond donors (Lipinski definition) is 3. The molecular weight excluding hydrogens is 313 g/mol. The molecule has 1 aromatic carbocycles. The van der Waals surface area contributed by atoms with Crippen LogP contribution in [0, 0.1) is 5.82 Å². The van der Waals surface area contributed by atoms with E-state index in [9.17, 15) is 14.6 Å². The first-order valence-electron chi connectivity index (χ1n) is 6.62. The second kappa shape index (κ2) is 6.79. The van der Waals surface area contributed by atoms with E-state index in [0.29, 0.717) is 16.6 Å². The van der Waals surface area contributed by atoms with E-state index in [2.05, 4.69) is 21.2 Å². The van der Waals surface area contributed by atoms with Gasteiger partial charge in [0.15, 0.2) is 0 Å². The van der Waals surface area contributed by atoms with Crippen LogP contribution >= 0.6 is 15.9 Å². The molecule has 3 atom stereocenters. The summed E-state index contributed by atoms with van der Waals surface area (Å²) in [6.45, 7) is 0.361. The molecule has 0 bridgehead atoms. The molecule has 0 saturated heterocycles. The number of aliphatic hydroxyl groups is 2. The van der Waals surface area contributed by atoms with E-state index >= 15 is 0 Å². The highest BCUT2D eigenvalue weighted by Crippen LogP contribution is 2.22. The van der Waals surface area contributed by atoms with E-state index in [-0.39, 0.29) is 18.0 Å². The first-order chi connectivity index (χ1) is 9.08. The normalized spacial score (nSPS) is 25.3. The molecule has 106 valence electrons. The molecule has 19 heavy (non-hydrogen) atoms. The van der Waals surface area contributed by atoms with Gasteiger partial charge in [0.1, 0.15) is 5.82 Å². The highest BCUT2D eigenvalue weighted by molar-refractivity contribution is 9.10. The molecule has 1 unspecified atom stereocenters. The van der Waals surface area contributed by atoms with Crippen LogP contribution in [0.15, 0.2) is 22.7 Å². The van der Waals surface area contributed by atoms with Crippen LogP contribution in [0.1, 0.15) is 37.4 Å². The number of rotatable bonds is 4. The molecule has 1 aliphatic carbocycles. The Morgan fingerprint density at radius 2 is 2.11 bits per heavy atom. The summed E-state index contributed by atoms with van der Waals surface area (Å²) in [5, 5.41) is 23.1. The topological polar surface area (TPSA) is 52.5 Å². The molecule has 2 rings (SSSR count). The third-order valence-corrected chi connectivity index (χ3v) is 4.24. The predicted octanol–water partition coefficient (Wildman–Crippen LogP) is 2.51. The first-order valence-corrected chi connectivity index (χ1v) is 7.41. The summed E-state index contributed by atoms with van der Waals surface area (Å²) in [4.78, 5) is 0. The summed E-state index contributed by atoms with van der Waals surface area (Å²) in [5.41, 5.74) is 0.658. The average molecular weight is 332 g/mol. The molecule has 5 heteroatoms. The lowest BCUT2D eigenvalue weighted by Crippen LogP contribution is -2.43. The van der Waals surface area contributed by atoms with Crippen LogP contribution in [0.3, 0.4) is 0 Å². The lowest BCUT2D eigenvalue weighted by Gasteiger charge is -2.29. The Hall–Kier alpha value is -0.490.